The fourth-order valence-electron chi connectivity index (χ4n) is 2.73. The summed E-state index contributed by atoms with van der Waals surface area (Å²) < 4.78 is 25.6. The summed E-state index contributed by atoms with van der Waals surface area (Å²) in [5, 5.41) is 10.4. The van der Waals surface area contributed by atoms with Crippen LogP contribution in [-0.2, 0) is 15.6 Å². The molecule has 3 aromatic rings. The first-order chi connectivity index (χ1) is 12.7. The Hall–Kier alpha value is -1.86. The van der Waals surface area contributed by atoms with Crippen molar-refractivity contribution in [3.63, 3.8) is 0 Å². The van der Waals surface area contributed by atoms with Crippen LogP contribution in [0.2, 0.25) is 10.0 Å². The van der Waals surface area contributed by atoms with Gasteiger partial charge in [-0.15, -0.1) is 11.3 Å². The second kappa shape index (κ2) is 7.64. The summed E-state index contributed by atoms with van der Waals surface area (Å²) >= 11 is 13.1. The van der Waals surface area contributed by atoms with Crippen LogP contribution in [0.1, 0.15) is 20.8 Å². The molecule has 0 saturated carbocycles. The molecule has 4 nitrogen and oxygen atoms in total. The molecule has 0 atom stereocenters. The molecule has 8 heteroatoms. The lowest BCUT2D eigenvalue weighted by molar-refractivity contribution is 0.0701. The molecule has 27 heavy (non-hydrogen) atoms. The number of aromatic carboxylic acids is 1. The molecule has 0 spiro atoms. The number of aryl methyl sites for hydroxylation is 1. The normalized spacial score (nSPS) is 11.5. The summed E-state index contributed by atoms with van der Waals surface area (Å²) in [4.78, 5) is 12.4. The third kappa shape index (κ3) is 4.19. The fraction of sp³-hybridized carbons (Fsp3) is 0.105. The number of carboxylic acid groups (broad SMARTS) is 1. The van der Waals surface area contributed by atoms with Crippen LogP contribution in [0.15, 0.2) is 53.4 Å². The summed E-state index contributed by atoms with van der Waals surface area (Å²) in [6, 6.07) is 13.1. The minimum atomic E-state index is -3.70. The molecule has 1 N–H and O–H groups in total. The van der Waals surface area contributed by atoms with E-state index in [2.05, 4.69) is 0 Å². The van der Waals surface area contributed by atoms with Gasteiger partial charge in [-0.25, -0.2) is 13.2 Å². The SMILES string of the molecule is Cc1ccccc1S(=O)(=O)Cc1cc(-c2ccc(Cl)cc2Cl)sc1C(=O)O. The topological polar surface area (TPSA) is 71.4 Å². The second-order valence-corrected chi connectivity index (χ2v) is 9.77. The smallest absolute Gasteiger partial charge is 0.346 e. The number of benzene rings is 2. The van der Waals surface area contributed by atoms with Gasteiger partial charge < -0.3 is 5.11 Å². The molecule has 3 rings (SSSR count). The highest BCUT2D eigenvalue weighted by atomic mass is 35.5. The van der Waals surface area contributed by atoms with Gasteiger partial charge in [0.1, 0.15) is 4.88 Å². The monoisotopic (exact) mass is 440 g/mol. The van der Waals surface area contributed by atoms with Gasteiger partial charge in [0.25, 0.3) is 0 Å². The molecule has 0 aliphatic heterocycles. The number of carbonyl (C=O) groups is 1. The highest BCUT2D eigenvalue weighted by Gasteiger charge is 2.24. The molecule has 0 unspecified atom stereocenters. The van der Waals surface area contributed by atoms with Gasteiger partial charge in [-0.1, -0.05) is 47.5 Å². The van der Waals surface area contributed by atoms with E-state index in [0.29, 0.717) is 26.0 Å². The summed E-state index contributed by atoms with van der Waals surface area (Å²) in [5.41, 5.74) is 1.45. The van der Waals surface area contributed by atoms with E-state index in [0.717, 1.165) is 11.3 Å². The number of halogens is 2. The van der Waals surface area contributed by atoms with Gasteiger partial charge in [-0.3, -0.25) is 0 Å². The minimum absolute atomic E-state index is 0.0202. The Morgan fingerprint density at radius 1 is 1.11 bits per heavy atom. The van der Waals surface area contributed by atoms with E-state index >= 15 is 0 Å². The third-order valence-corrected chi connectivity index (χ3v) is 7.54. The summed E-state index contributed by atoms with van der Waals surface area (Å²) in [7, 11) is -3.70. The Morgan fingerprint density at radius 2 is 1.81 bits per heavy atom. The van der Waals surface area contributed by atoms with E-state index in [4.69, 9.17) is 23.2 Å². The van der Waals surface area contributed by atoms with E-state index in [9.17, 15) is 18.3 Å². The highest BCUT2D eigenvalue weighted by Crippen LogP contribution is 2.38. The van der Waals surface area contributed by atoms with Gasteiger partial charge in [0.15, 0.2) is 9.84 Å². The van der Waals surface area contributed by atoms with E-state index in [1.165, 1.54) is 6.07 Å². The van der Waals surface area contributed by atoms with Crippen molar-refractivity contribution in [3.8, 4) is 10.4 Å². The lowest BCUT2D eigenvalue weighted by Crippen LogP contribution is -2.08. The predicted molar refractivity (Wildman–Crippen MR) is 109 cm³/mol. The van der Waals surface area contributed by atoms with E-state index in [-0.39, 0.29) is 15.3 Å². The largest absolute Gasteiger partial charge is 0.477 e. The molecular weight excluding hydrogens is 427 g/mol. The molecule has 0 aliphatic carbocycles. The van der Waals surface area contributed by atoms with E-state index in [1.54, 1.807) is 49.4 Å². The van der Waals surface area contributed by atoms with Crippen LogP contribution in [0.25, 0.3) is 10.4 Å². The van der Waals surface area contributed by atoms with Gasteiger partial charge in [-0.05, 0) is 42.3 Å². The van der Waals surface area contributed by atoms with Crippen LogP contribution in [0.5, 0.6) is 0 Å². The van der Waals surface area contributed by atoms with Crippen molar-refractivity contribution >= 4 is 50.3 Å². The van der Waals surface area contributed by atoms with Crippen LogP contribution < -0.4 is 0 Å². The van der Waals surface area contributed by atoms with Crippen molar-refractivity contribution in [1.82, 2.24) is 0 Å². The minimum Gasteiger partial charge on any atom is -0.477 e. The number of rotatable bonds is 5. The van der Waals surface area contributed by atoms with Crippen molar-refractivity contribution < 1.29 is 18.3 Å². The Labute approximate surface area is 170 Å². The van der Waals surface area contributed by atoms with Crippen LogP contribution in [0.4, 0.5) is 0 Å². The van der Waals surface area contributed by atoms with Gasteiger partial charge >= 0.3 is 5.97 Å². The lowest BCUT2D eigenvalue weighted by atomic mass is 10.1. The van der Waals surface area contributed by atoms with Crippen molar-refractivity contribution in [1.29, 1.82) is 0 Å². The summed E-state index contributed by atoms with van der Waals surface area (Å²) in [5.74, 6) is -1.58. The molecule has 1 aromatic heterocycles. The van der Waals surface area contributed by atoms with E-state index < -0.39 is 21.6 Å². The van der Waals surface area contributed by atoms with Crippen LogP contribution in [-0.4, -0.2) is 19.5 Å². The Balaban J connectivity index is 2.07. The van der Waals surface area contributed by atoms with Crippen molar-refractivity contribution in [2.24, 2.45) is 0 Å². The second-order valence-electron chi connectivity index (χ2n) is 5.92. The van der Waals surface area contributed by atoms with Gasteiger partial charge in [0.2, 0.25) is 0 Å². The number of hydrogen-bond donors (Lipinski definition) is 1. The molecule has 1 heterocycles. The van der Waals surface area contributed by atoms with Gasteiger partial charge in [0, 0.05) is 15.5 Å². The number of sulfone groups is 1. The average Bonchev–Trinajstić information content (AvgIpc) is 2.98. The van der Waals surface area contributed by atoms with Crippen LogP contribution >= 0.6 is 34.5 Å². The van der Waals surface area contributed by atoms with Gasteiger partial charge in [-0.2, -0.15) is 0 Å². The maximum Gasteiger partial charge on any atom is 0.346 e. The zero-order chi connectivity index (χ0) is 19.8. The molecule has 0 fully saturated rings. The molecular formula is C19H14Cl2O4S2. The fourth-order valence-corrected chi connectivity index (χ4v) is 6.08. The van der Waals surface area contributed by atoms with Crippen molar-refractivity contribution in [2.45, 2.75) is 17.6 Å². The number of carboxylic acids is 1. The maximum absolute atomic E-state index is 12.8. The first-order valence-corrected chi connectivity index (χ1v) is 11.0. The zero-order valence-electron chi connectivity index (χ0n) is 14.1. The first kappa shape index (κ1) is 19.9. The summed E-state index contributed by atoms with van der Waals surface area (Å²) in [6.45, 7) is 1.71. The standard InChI is InChI=1S/C19H14Cl2O4S2/c1-11-4-2-3-5-17(11)27(24,25)10-12-8-16(26-18(12)19(22)23)14-7-6-13(20)9-15(14)21/h2-9H,10H2,1H3,(H,22,23). The zero-order valence-corrected chi connectivity index (χ0v) is 17.2. The van der Waals surface area contributed by atoms with Crippen molar-refractivity contribution in [3.05, 3.63) is 74.6 Å². The Kier molecular flexibility index (Phi) is 5.63. The van der Waals surface area contributed by atoms with Crippen molar-refractivity contribution in [2.75, 3.05) is 0 Å². The quantitative estimate of drug-likeness (QED) is 0.551. The number of hydrogen-bond acceptors (Lipinski definition) is 4. The molecule has 140 valence electrons. The molecule has 0 amide bonds. The predicted octanol–water partition coefficient (Wildman–Crippen LogP) is 5.70. The van der Waals surface area contributed by atoms with E-state index in [1.807, 2.05) is 0 Å². The summed E-state index contributed by atoms with van der Waals surface area (Å²) in [6.07, 6.45) is 0. The van der Waals surface area contributed by atoms with Crippen LogP contribution in [0, 0.1) is 6.92 Å². The van der Waals surface area contributed by atoms with Gasteiger partial charge in [0.05, 0.1) is 15.7 Å². The molecule has 0 aliphatic rings. The molecule has 0 saturated heterocycles. The third-order valence-electron chi connectivity index (χ3n) is 3.97. The Morgan fingerprint density at radius 3 is 2.44 bits per heavy atom. The van der Waals surface area contributed by atoms with Crippen LogP contribution in [0.3, 0.4) is 0 Å². The molecule has 2 aromatic carbocycles. The maximum atomic E-state index is 12.8. The molecule has 0 radical (unpaired) electrons. The first-order valence-electron chi connectivity index (χ1n) is 7.79. The average molecular weight is 441 g/mol. The lowest BCUT2D eigenvalue weighted by Gasteiger charge is -2.07. The number of thiophene rings is 1. The molecule has 0 bridgehead atoms. The Bertz CT molecular complexity index is 1130. The highest BCUT2D eigenvalue weighted by molar-refractivity contribution is 7.90.